The monoisotopic (exact) mass is 321 g/mol. The number of rotatable bonds is 5. The van der Waals surface area contributed by atoms with Gasteiger partial charge in [-0.1, -0.05) is 35.5 Å². The van der Waals surface area contributed by atoms with Crippen LogP contribution in [0.5, 0.6) is 5.75 Å². The zero-order chi connectivity index (χ0) is 16.9. The summed E-state index contributed by atoms with van der Waals surface area (Å²) in [7, 11) is 0. The van der Waals surface area contributed by atoms with E-state index in [0.29, 0.717) is 17.9 Å². The molecular weight excluding hydrogens is 306 g/mol. The summed E-state index contributed by atoms with van der Waals surface area (Å²) in [5.41, 5.74) is 1.74. The fourth-order valence-corrected chi connectivity index (χ4v) is 2.16. The molecule has 0 aliphatic rings. The highest BCUT2D eigenvalue weighted by molar-refractivity contribution is 5.94. The zero-order valence-electron chi connectivity index (χ0n) is 13.0. The molecule has 24 heavy (non-hydrogen) atoms. The van der Waals surface area contributed by atoms with Gasteiger partial charge in [0.25, 0.3) is 0 Å². The van der Waals surface area contributed by atoms with Crippen LogP contribution in [0.2, 0.25) is 0 Å². The van der Waals surface area contributed by atoms with Crippen molar-refractivity contribution in [2.45, 2.75) is 13.5 Å². The second kappa shape index (κ2) is 6.87. The zero-order valence-corrected chi connectivity index (χ0v) is 13.0. The van der Waals surface area contributed by atoms with Crippen LogP contribution in [0.25, 0.3) is 0 Å². The van der Waals surface area contributed by atoms with E-state index in [0.717, 1.165) is 5.56 Å². The Morgan fingerprint density at radius 1 is 1.04 bits per heavy atom. The second-order valence-corrected chi connectivity index (χ2v) is 5.26. The molecule has 0 amide bonds. The van der Waals surface area contributed by atoms with Crippen LogP contribution in [0.3, 0.4) is 0 Å². The van der Waals surface area contributed by atoms with Crippen LogP contribution in [0, 0.1) is 0 Å². The average Bonchev–Trinajstić information content (AvgIpc) is 3.05. The molecule has 0 aliphatic heterocycles. The lowest BCUT2D eigenvalue weighted by Gasteiger charge is -2.02. The van der Waals surface area contributed by atoms with Crippen LogP contribution in [0.15, 0.2) is 60.8 Å². The SMILES string of the molecule is CC(=O)c1ccc(OC(=O)c2cn(Cc3ccccc3)nn2)cc1. The first-order valence-electron chi connectivity index (χ1n) is 7.39. The molecule has 0 radical (unpaired) electrons. The molecule has 3 rings (SSSR count). The molecule has 120 valence electrons. The minimum Gasteiger partial charge on any atom is -0.422 e. The lowest BCUT2D eigenvalue weighted by atomic mass is 10.1. The first-order valence-corrected chi connectivity index (χ1v) is 7.39. The van der Waals surface area contributed by atoms with E-state index in [1.165, 1.54) is 6.92 Å². The molecule has 1 heterocycles. The van der Waals surface area contributed by atoms with Crippen LogP contribution < -0.4 is 4.74 Å². The van der Waals surface area contributed by atoms with Gasteiger partial charge in [0.15, 0.2) is 11.5 Å². The lowest BCUT2D eigenvalue weighted by Crippen LogP contribution is -2.09. The summed E-state index contributed by atoms with van der Waals surface area (Å²) in [6.07, 6.45) is 1.54. The Hall–Kier alpha value is -3.28. The van der Waals surface area contributed by atoms with Gasteiger partial charge in [-0.05, 0) is 36.8 Å². The number of carbonyl (C=O) groups excluding carboxylic acids is 2. The molecule has 0 fully saturated rings. The Labute approximate surface area is 138 Å². The summed E-state index contributed by atoms with van der Waals surface area (Å²) in [5, 5.41) is 7.77. The Morgan fingerprint density at radius 2 is 1.75 bits per heavy atom. The normalized spacial score (nSPS) is 10.4. The maximum Gasteiger partial charge on any atom is 0.365 e. The number of hydrogen-bond acceptors (Lipinski definition) is 5. The smallest absolute Gasteiger partial charge is 0.365 e. The van der Waals surface area contributed by atoms with E-state index in [2.05, 4.69) is 10.3 Å². The van der Waals surface area contributed by atoms with E-state index in [1.807, 2.05) is 30.3 Å². The maximum absolute atomic E-state index is 12.1. The number of ether oxygens (including phenoxy) is 1. The second-order valence-electron chi connectivity index (χ2n) is 5.26. The van der Waals surface area contributed by atoms with E-state index < -0.39 is 5.97 Å². The van der Waals surface area contributed by atoms with Gasteiger partial charge >= 0.3 is 5.97 Å². The van der Waals surface area contributed by atoms with E-state index in [9.17, 15) is 9.59 Å². The molecule has 0 spiro atoms. The highest BCUT2D eigenvalue weighted by atomic mass is 16.5. The van der Waals surface area contributed by atoms with E-state index in [1.54, 1.807) is 35.1 Å². The molecule has 0 aliphatic carbocycles. The topological polar surface area (TPSA) is 74.1 Å². The van der Waals surface area contributed by atoms with Crippen LogP contribution in [0.4, 0.5) is 0 Å². The number of nitrogens with zero attached hydrogens (tertiary/aromatic N) is 3. The third kappa shape index (κ3) is 3.73. The number of aromatic nitrogens is 3. The van der Waals surface area contributed by atoms with Crippen molar-refractivity contribution < 1.29 is 14.3 Å². The van der Waals surface area contributed by atoms with Gasteiger partial charge in [-0.25, -0.2) is 9.48 Å². The highest BCUT2D eigenvalue weighted by Crippen LogP contribution is 2.14. The largest absolute Gasteiger partial charge is 0.422 e. The van der Waals surface area contributed by atoms with Gasteiger partial charge in [0, 0.05) is 5.56 Å². The first kappa shape index (κ1) is 15.6. The summed E-state index contributed by atoms with van der Waals surface area (Å²) in [6.45, 7) is 2.00. The van der Waals surface area contributed by atoms with Crippen LogP contribution >= 0.6 is 0 Å². The fourth-order valence-electron chi connectivity index (χ4n) is 2.16. The lowest BCUT2D eigenvalue weighted by molar-refractivity contribution is 0.0728. The molecular formula is C18H15N3O3. The Morgan fingerprint density at radius 3 is 2.42 bits per heavy atom. The van der Waals surface area contributed by atoms with Crippen LogP contribution in [-0.2, 0) is 6.54 Å². The number of esters is 1. The van der Waals surface area contributed by atoms with Crippen molar-refractivity contribution in [3.8, 4) is 5.75 Å². The van der Waals surface area contributed by atoms with Gasteiger partial charge in [-0.2, -0.15) is 0 Å². The van der Waals surface area contributed by atoms with Crippen molar-refractivity contribution in [2.24, 2.45) is 0 Å². The third-order valence-corrected chi connectivity index (χ3v) is 3.41. The maximum atomic E-state index is 12.1. The quantitative estimate of drug-likeness (QED) is 0.410. The van der Waals surface area contributed by atoms with E-state index in [-0.39, 0.29) is 11.5 Å². The summed E-state index contributed by atoms with van der Waals surface area (Å²) in [6, 6.07) is 16.1. The number of Topliss-reactive ketones (excluding diaryl/α,β-unsaturated/α-hetero) is 1. The first-order chi connectivity index (χ1) is 11.6. The predicted molar refractivity (Wildman–Crippen MR) is 87.0 cm³/mol. The molecule has 6 heteroatoms. The van der Waals surface area contributed by atoms with Gasteiger partial charge in [0.2, 0.25) is 0 Å². The molecule has 0 saturated heterocycles. The average molecular weight is 321 g/mol. The molecule has 0 N–H and O–H groups in total. The van der Waals surface area contributed by atoms with Gasteiger partial charge in [-0.15, -0.1) is 5.10 Å². The van der Waals surface area contributed by atoms with Gasteiger partial charge < -0.3 is 4.74 Å². The van der Waals surface area contributed by atoms with Crippen molar-refractivity contribution in [1.82, 2.24) is 15.0 Å². The van der Waals surface area contributed by atoms with Gasteiger partial charge in [0.1, 0.15) is 5.75 Å². The van der Waals surface area contributed by atoms with Gasteiger partial charge in [0.05, 0.1) is 12.7 Å². The minimum atomic E-state index is -0.593. The van der Waals surface area contributed by atoms with Crippen LogP contribution in [0.1, 0.15) is 33.3 Å². The highest BCUT2D eigenvalue weighted by Gasteiger charge is 2.14. The van der Waals surface area contributed by atoms with Gasteiger partial charge in [-0.3, -0.25) is 4.79 Å². The number of benzene rings is 2. The molecule has 3 aromatic rings. The van der Waals surface area contributed by atoms with Crippen molar-refractivity contribution >= 4 is 11.8 Å². The standard InChI is InChI=1S/C18H15N3O3/c1-13(22)15-7-9-16(10-8-15)24-18(23)17-12-21(20-19-17)11-14-5-3-2-4-6-14/h2-10,12H,11H2,1H3. The van der Waals surface area contributed by atoms with Crippen LogP contribution in [-0.4, -0.2) is 26.7 Å². The number of ketones is 1. The minimum absolute atomic E-state index is 0.0447. The molecule has 0 saturated carbocycles. The summed E-state index contributed by atoms with van der Waals surface area (Å²) < 4.78 is 6.81. The molecule has 1 aromatic heterocycles. The molecule has 0 atom stereocenters. The fraction of sp³-hybridized carbons (Fsp3) is 0.111. The number of hydrogen-bond donors (Lipinski definition) is 0. The predicted octanol–water partition coefficient (Wildman–Crippen LogP) is 2.75. The Balaban J connectivity index is 1.66. The van der Waals surface area contributed by atoms with E-state index >= 15 is 0 Å². The van der Waals surface area contributed by atoms with E-state index in [4.69, 9.17) is 4.74 Å². The molecule has 2 aromatic carbocycles. The summed E-state index contributed by atoms with van der Waals surface area (Å²) >= 11 is 0. The third-order valence-electron chi connectivity index (χ3n) is 3.41. The summed E-state index contributed by atoms with van der Waals surface area (Å²) in [4.78, 5) is 23.3. The Bertz CT molecular complexity index is 855. The molecule has 0 unspecified atom stereocenters. The Kier molecular flexibility index (Phi) is 4.47. The van der Waals surface area contributed by atoms with Crippen molar-refractivity contribution in [3.05, 3.63) is 77.6 Å². The number of carbonyl (C=O) groups is 2. The van der Waals surface area contributed by atoms with Crippen molar-refractivity contribution in [3.63, 3.8) is 0 Å². The molecule has 0 bridgehead atoms. The van der Waals surface area contributed by atoms with Crippen molar-refractivity contribution in [2.75, 3.05) is 0 Å². The molecule has 6 nitrogen and oxygen atoms in total. The summed E-state index contributed by atoms with van der Waals surface area (Å²) in [5.74, 6) is -0.288. The van der Waals surface area contributed by atoms with Crippen molar-refractivity contribution in [1.29, 1.82) is 0 Å².